The predicted molar refractivity (Wildman–Crippen MR) is 64.8 cm³/mol. The van der Waals surface area contributed by atoms with Crippen molar-refractivity contribution in [3.05, 3.63) is 29.0 Å². The van der Waals surface area contributed by atoms with E-state index in [1.165, 1.54) is 18.2 Å². The predicted octanol–water partition coefficient (Wildman–Crippen LogP) is 1.65. The summed E-state index contributed by atoms with van der Waals surface area (Å²) in [5, 5.41) is 5.70. The molecule has 0 aliphatic heterocycles. The molecule has 2 N–H and O–H groups in total. The third-order valence-corrected chi connectivity index (χ3v) is 2.31. The molecule has 0 saturated heterocycles. The molecule has 0 saturated carbocycles. The van der Waals surface area contributed by atoms with Gasteiger partial charge in [0.25, 0.3) is 0 Å². The Bertz CT molecular complexity index is 388. The van der Waals surface area contributed by atoms with E-state index in [-0.39, 0.29) is 17.5 Å². The molecule has 17 heavy (non-hydrogen) atoms. The lowest BCUT2D eigenvalue weighted by Gasteiger charge is -2.08. The monoisotopic (exact) mass is 260 g/mol. The second kappa shape index (κ2) is 7.09. The maximum Gasteiger partial charge on any atom is 0.239 e. The molecule has 1 amide bonds. The lowest BCUT2D eigenvalue weighted by molar-refractivity contribution is -0.119. The van der Waals surface area contributed by atoms with Crippen molar-refractivity contribution < 1.29 is 13.9 Å². The van der Waals surface area contributed by atoms with Crippen LogP contribution in [0.15, 0.2) is 18.2 Å². The van der Waals surface area contributed by atoms with Gasteiger partial charge in [0.1, 0.15) is 5.82 Å². The van der Waals surface area contributed by atoms with E-state index in [4.69, 9.17) is 16.3 Å². The van der Waals surface area contributed by atoms with Crippen LogP contribution in [-0.2, 0) is 9.53 Å². The zero-order valence-corrected chi connectivity index (χ0v) is 10.2. The van der Waals surface area contributed by atoms with Crippen LogP contribution in [0, 0.1) is 5.82 Å². The average molecular weight is 261 g/mol. The molecular formula is C11H14ClFN2O2. The van der Waals surface area contributed by atoms with Gasteiger partial charge in [-0.25, -0.2) is 4.39 Å². The molecule has 0 spiro atoms. The summed E-state index contributed by atoms with van der Waals surface area (Å²) in [5.41, 5.74) is 0.523. The van der Waals surface area contributed by atoms with Gasteiger partial charge in [-0.2, -0.15) is 0 Å². The minimum atomic E-state index is -0.412. The first-order valence-corrected chi connectivity index (χ1v) is 5.46. The summed E-state index contributed by atoms with van der Waals surface area (Å²) in [7, 11) is 1.56. The van der Waals surface area contributed by atoms with Crippen LogP contribution in [0.2, 0.25) is 5.02 Å². The molecule has 94 valence electrons. The smallest absolute Gasteiger partial charge is 0.239 e. The summed E-state index contributed by atoms with van der Waals surface area (Å²) < 4.78 is 17.5. The summed E-state index contributed by atoms with van der Waals surface area (Å²) in [6.45, 7) is 0.992. The van der Waals surface area contributed by atoms with E-state index in [2.05, 4.69) is 10.6 Å². The van der Waals surface area contributed by atoms with Gasteiger partial charge in [-0.1, -0.05) is 11.6 Å². The van der Waals surface area contributed by atoms with E-state index < -0.39 is 5.82 Å². The van der Waals surface area contributed by atoms with Crippen molar-refractivity contribution in [3.63, 3.8) is 0 Å². The molecule has 1 rings (SSSR count). The number of hydrogen-bond acceptors (Lipinski definition) is 3. The molecule has 0 heterocycles. The van der Waals surface area contributed by atoms with Crippen LogP contribution in [0.25, 0.3) is 0 Å². The third kappa shape index (κ3) is 5.01. The Morgan fingerprint density at radius 3 is 2.94 bits per heavy atom. The zero-order valence-electron chi connectivity index (χ0n) is 9.43. The van der Waals surface area contributed by atoms with Gasteiger partial charge in [-0.15, -0.1) is 0 Å². The molecule has 1 aromatic rings. The maximum atomic E-state index is 12.7. The molecule has 0 unspecified atom stereocenters. The second-order valence-electron chi connectivity index (χ2n) is 3.32. The maximum absolute atomic E-state index is 12.7. The summed E-state index contributed by atoms with van der Waals surface area (Å²) in [5.74, 6) is -0.590. The average Bonchev–Trinajstić information content (AvgIpc) is 2.28. The van der Waals surface area contributed by atoms with Crippen LogP contribution in [-0.4, -0.2) is 32.7 Å². The number of halogens is 2. The minimum absolute atomic E-state index is 0.0784. The summed E-state index contributed by atoms with van der Waals surface area (Å²) in [4.78, 5) is 11.3. The van der Waals surface area contributed by atoms with Crippen molar-refractivity contribution in [3.8, 4) is 0 Å². The topological polar surface area (TPSA) is 50.4 Å². The molecule has 0 radical (unpaired) electrons. The number of methoxy groups -OCH3 is 1. The molecule has 0 bridgehead atoms. The molecular weight excluding hydrogens is 247 g/mol. The number of carbonyl (C=O) groups is 1. The number of benzene rings is 1. The lowest BCUT2D eigenvalue weighted by Crippen LogP contribution is -2.32. The first-order chi connectivity index (χ1) is 8.13. The fourth-order valence-electron chi connectivity index (χ4n) is 1.16. The van der Waals surface area contributed by atoms with Crippen LogP contribution >= 0.6 is 11.6 Å². The molecule has 0 aliphatic carbocycles. The van der Waals surface area contributed by atoms with Crippen LogP contribution in [0.4, 0.5) is 10.1 Å². The standard InChI is InChI=1S/C11H14ClFN2O2/c1-17-5-4-14-11(16)7-15-10-3-2-8(13)6-9(10)12/h2-3,6,15H,4-5,7H2,1H3,(H,14,16). The van der Waals surface area contributed by atoms with Crippen LogP contribution in [0.1, 0.15) is 0 Å². The van der Waals surface area contributed by atoms with Gasteiger partial charge < -0.3 is 15.4 Å². The highest BCUT2D eigenvalue weighted by atomic mass is 35.5. The normalized spacial score (nSPS) is 10.1. The number of nitrogens with one attached hydrogen (secondary N) is 2. The van der Waals surface area contributed by atoms with Gasteiger partial charge in [-0.05, 0) is 18.2 Å². The molecule has 0 aliphatic rings. The van der Waals surface area contributed by atoms with Gasteiger partial charge >= 0.3 is 0 Å². The van der Waals surface area contributed by atoms with Crippen molar-refractivity contribution in [1.82, 2.24) is 5.32 Å². The largest absolute Gasteiger partial charge is 0.383 e. The lowest BCUT2D eigenvalue weighted by atomic mass is 10.3. The highest BCUT2D eigenvalue weighted by Crippen LogP contribution is 2.21. The van der Waals surface area contributed by atoms with Crippen molar-refractivity contribution in [1.29, 1.82) is 0 Å². The summed E-state index contributed by atoms with van der Waals surface area (Å²) in [6, 6.07) is 3.95. The quantitative estimate of drug-likeness (QED) is 0.765. The molecule has 0 fully saturated rings. The highest BCUT2D eigenvalue weighted by molar-refractivity contribution is 6.33. The van der Waals surface area contributed by atoms with Crippen molar-refractivity contribution in [2.45, 2.75) is 0 Å². The highest BCUT2D eigenvalue weighted by Gasteiger charge is 2.04. The number of amides is 1. The van der Waals surface area contributed by atoms with Gasteiger partial charge in [0.15, 0.2) is 0 Å². The van der Waals surface area contributed by atoms with E-state index in [0.29, 0.717) is 18.8 Å². The fourth-order valence-corrected chi connectivity index (χ4v) is 1.40. The first-order valence-electron chi connectivity index (χ1n) is 5.08. The van der Waals surface area contributed by atoms with Crippen molar-refractivity contribution in [2.24, 2.45) is 0 Å². The van der Waals surface area contributed by atoms with E-state index >= 15 is 0 Å². The van der Waals surface area contributed by atoms with Gasteiger partial charge in [0.05, 0.1) is 23.9 Å². The second-order valence-corrected chi connectivity index (χ2v) is 3.73. The number of anilines is 1. The Balaban J connectivity index is 2.37. The van der Waals surface area contributed by atoms with Crippen LogP contribution in [0.3, 0.4) is 0 Å². The van der Waals surface area contributed by atoms with Crippen molar-refractivity contribution >= 4 is 23.2 Å². The number of ether oxygens (including phenoxy) is 1. The first kappa shape index (κ1) is 13.7. The Morgan fingerprint density at radius 2 is 2.29 bits per heavy atom. The number of hydrogen-bond donors (Lipinski definition) is 2. The third-order valence-electron chi connectivity index (χ3n) is 2.00. The molecule has 0 atom stereocenters. The molecule has 4 nitrogen and oxygen atoms in total. The van der Waals surface area contributed by atoms with Gasteiger partial charge in [-0.3, -0.25) is 4.79 Å². The summed E-state index contributed by atoms with van der Waals surface area (Å²) >= 11 is 5.79. The Labute approximate surface area is 104 Å². The van der Waals surface area contributed by atoms with E-state index in [1.807, 2.05) is 0 Å². The van der Waals surface area contributed by atoms with E-state index in [1.54, 1.807) is 7.11 Å². The SMILES string of the molecule is COCCNC(=O)CNc1ccc(F)cc1Cl. The Hall–Kier alpha value is -1.33. The molecule has 0 aromatic heterocycles. The van der Waals surface area contributed by atoms with E-state index in [9.17, 15) is 9.18 Å². The Morgan fingerprint density at radius 1 is 1.53 bits per heavy atom. The fraction of sp³-hybridized carbons (Fsp3) is 0.364. The van der Waals surface area contributed by atoms with E-state index in [0.717, 1.165) is 0 Å². The van der Waals surface area contributed by atoms with Crippen molar-refractivity contribution in [2.75, 3.05) is 32.1 Å². The summed E-state index contributed by atoms with van der Waals surface area (Å²) in [6.07, 6.45) is 0. The van der Waals surface area contributed by atoms with Gasteiger partial charge in [0, 0.05) is 13.7 Å². The molecule has 1 aromatic carbocycles. The van der Waals surface area contributed by atoms with Crippen LogP contribution in [0.5, 0.6) is 0 Å². The van der Waals surface area contributed by atoms with Gasteiger partial charge in [0.2, 0.25) is 5.91 Å². The number of rotatable bonds is 6. The van der Waals surface area contributed by atoms with Crippen LogP contribution < -0.4 is 10.6 Å². The minimum Gasteiger partial charge on any atom is -0.383 e. The molecule has 6 heteroatoms. The number of carbonyl (C=O) groups excluding carboxylic acids is 1. The Kier molecular flexibility index (Phi) is 5.72. The zero-order chi connectivity index (χ0) is 12.7.